The highest BCUT2D eigenvalue weighted by atomic mass is 32.2. The first-order valence-electron chi connectivity index (χ1n) is 9.30. The van der Waals surface area contributed by atoms with Gasteiger partial charge < -0.3 is 5.32 Å². The van der Waals surface area contributed by atoms with E-state index in [0.717, 1.165) is 27.9 Å². The molecule has 0 radical (unpaired) electrons. The lowest BCUT2D eigenvalue weighted by atomic mass is 10.0. The summed E-state index contributed by atoms with van der Waals surface area (Å²) < 4.78 is 28.2. The lowest BCUT2D eigenvalue weighted by Gasteiger charge is -2.22. The van der Waals surface area contributed by atoms with Gasteiger partial charge in [-0.1, -0.05) is 60.2 Å². The van der Waals surface area contributed by atoms with Gasteiger partial charge in [-0.25, -0.2) is 13.1 Å². The second-order valence-electron chi connectivity index (χ2n) is 7.09. The smallest absolute Gasteiger partial charge is 0.240 e. The second-order valence-corrected chi connectivity index (χ2v) is 8.86. The fourth-order valence-corrected chi connectivity index (χ4v) is 4.06. The molecule has 0 bridgehead atoms. The third-order valence-electron chi connectivity index (χ3n) is 4.73. The van der Waals surface area contributed by atoms with Crippen LogP contribution in [0.4, 0.5) is 5.69 Å². The van der Waals surface area contributed by atoms with Crippen LogP contribution < -0.4 is 10.0 Å². The molecular weight excluding hydrogens is 368 g/mol. The van der Waals surface area contributed by atoms with Gasteiger partial charge in [0.2, 0.25) is 10.0 Å². The molecule has 28 heavy (non-hydrogen) atoms. The molecule has 0 fully saturated rings. The lowest BCUT2D eigenvalue weighted by Crippen LogP contribution is -2.31. The minimum atomic E-state index is -3.58. The number of hydrogen-bond donors (Lipinski definition) is 2. The number of nitrogens with one attached hydrogen (secondary N) is 2. The highest BCUT2D eigenvalue weighted by Gasteiger charge is 2.18. The first-order chi connectivity index (χ1) is 13.3. The molecule has 0 amide bonds. The molecular formula is C23H26N2O2S. The standard InChI is InChI=1S/C23H26N2O2S/c1-17-10-13-21(14-11-17)28(26,27)24-16-23(20-7-5-4-6-8-20)25-22-15-18(2)9-12-19(22)3/h4-15,23-25H,16H2,1-3H3. The van der Waals surface area contributed by atoms with Crippen molar-refractivity contribution < 1.29 is 8.42 Å². The van der Waals surface area contributed by atoms with Crippen molar-refractivity contribution >= 4 is 15.7 Å². The maximum atomic E-state index is 12.7. The molecule has 1 unspecified atom stereocenters. The summed E-state index contributed by atoms with van der Waals surface area (Å²) in [5, 5.41) is 3.51. The normalized spacial score (nSPS) is 12.5. The number of aryl methyl sites for hydroxylation is 3. The van der Waals surface area contributed by atoms with Crippen LogP contribution in [-0.4, -0.2) is 15.0 Å². The Morgan fingerprint density at radius 3 is 2.14 bits per heavy atom. The molecule has 146 valence electrons. The van der Waals surface area contributed by atoms with E-state index in [2.05, 4.69) is 28.2 Å². The maximum absolute atomic E-state index is 12.7. The molecule has 3 aromatic rings. The van der Waals surface area contributed by atoms with E-state index in [9.17, 15) is 8.42 Å². The molecule has 0 aliphatic carbocycles. The topological polar surface area (TPSA) is 58.2 Å². The van der Waals surface area contributed by atoms with Crippen LogP contribution in [0.25, 0.3) is 0 Å². The third-order valence-corrected chi connectivity index (χ3v) is 6.17. The van der Waals surface area contributed by atoms with Crippen LogP contribution in [0.3, 0.4) is 0 Å². The third kappa shape index (κ3) is 5.00. The Kier molecular flexibility index (Phi) is 6.17. The average molecular weight is 395 g/mol. The Morgan fingerprint density at radius 1 is 0.821 bits per heavy atom. The van der Waals surface area contributed by atoms with Gasteiger partial charge in [-0.3, -0.25) is 0 Å². The summed E-state index contributed by atoms with van der Waals surface area (Å²) in [6, 6.07) is 22.8. The number of benzene rings is 3. The molecule has 4 nitrogen and oxygen atoms in total. The fourth-order valence-electron chi connectivity index (χ4n) is 3.01. The van der Waals surface area contributed by atoms with Crippen molar-refractivity contribution in [1.29, 1.82) is 0 Å². The van der Waals surface area contributed by atoms with E-state index >= 15 is 0 Å². The van der Waals surface area contributed by atoms with E-state index in [1.807, 2.05) is 51.1 Å². The minimum Gasteiger partial charge on any atom is -0.377 e. The molecule has 0 saturated heterocycles. The average Bonchev–Trinajstić information content (AvgIpc) is 2.69. The van der Waals surface area contributed by atoms with Crippen LogP contribution in [0.15, 0.2) is 77.7 Å². The Hall–Kier alpha value is -2.63. The van der Waals surface area contributed by atoms with Crippen molar-refractivity contribution in [1.82, 2.24) is 4.72 Å². The van der Waals surface area contributed by atoms with Crippen LogP contribution in [0.5, 0.6) is 0 Å². The summed E-state index contributed by atoms with van der Waals surface area (Å²) >= 11 is 0. The van der Waals surface area contributed by atoms with Crippen molar-refractivity contribution in [2.24, 2.45) is 0 Å². The van der Waals surface area contributed by atoms with E-state index in [4.69, 9.17) is 0 Å². The van der Waals surface area contributed by atoms with Gasteiger partial charge in [0.25, 0.3) is 0 Å². The van der Waals surface area contributed by atoms with Crippen LogP contribution in [0, 0.1) is 20.8 Å². The maximum Gasteiger partial charge on any atom is 0.240 e. The predicted molar refractivity (Wildman–Crippen MR) is 115 cm³/mol. The largest absolute Gasteiger partial charge is 0.377 e. The van der Waals surface area contributed by atoms with E-state index in [-0.39, 0.29) is 17.5 Å². The van der Waals surface area contributed by atoms with Crippen molar-refractivity contribution in [2.45, 2.75) is 31.7 Å². The highest BCUT2D eigenvalue weighted by molar-refractivity contribution is 7.89. The molecule has 0 heterocycles. The summed E-state index contributed by atoms with van der Waals surface area (Å²) in [6.45, 7) is 6.26. The second kappa shape index (κ2) is 8.59. The summed E-state index contributed by atoms with van der Waals surface area (Å²) in [5.41, 5.74) is 5.32. The van der Waals surface area contributed by atoms with Gasteiger partial charge in [-0.15, -0.1) is 0 Å². The van der Waals surface area contributed by atoms with E-state index in [1.54, 1.807) is 24.3 Å². The molecule has 0 aliphatic rings. The molecule has 2 N–H and O–H groups in total. The first kappa shape index (κ1) is 20.1. The summed E-state index contributed by atoms with van der Waals surface area (Å²) in [6.07, 6.45) is 0. The summed E-state index contributed by atoms with van der Waals surface area (Å²) in [7, 11) is -3.58. The molecule has 1 atom stereocenters. The zero-order valence-electron chi connectivity index (χ0n) is 16.4. The molecule has 3 rings (SSSR count). The molecule has 5 heteroatoms. The zero-order valence-corrected chi connectivity index (χ0v) is 17.3. The van der Waals surface area contributed by atoms with E-state index in [0.29, 0.717) is 0 Å². The lowest BCUT2D eigenvalue weighted by molar-refractivity contribution is 0.576. The Labute approximate surface area is 167 Å². The Bertz CT molecular complexity index is 1030. The van der Waals surface area contributed by atoms with Gasteiger partial charge in [0, 0.05) is 12.2 Å². The molecule has 0 spiro atoms. The van der Waals surface area contributed by atoms with Gasteiger partial charge in [0.05, 0.1) is 10.9 Å². The number of sulfonamides is 1. The van der Waals surface area contributed by atoms with E-state index < -0.39 is 10.0 Å². The van der Waals surface area contributed by atoms with Crippen LogP contribution in [0.1, 0.15) is 28.3 Å². The summed E-state index contributed by atoms with van der Waals surface area (Å²) in [5.74, 6) is 0. The van der Waals surface area contributed by atoms with Gasteiger partial charge in [0.15, 0.2) is 0 Å². The first-order valence-corrected chi connectivity index (χ1v) is 10.8. The number of rotatable bonds is 7. The Morgan fingerprint density at radius 2 is 1.46 bits per heavy atom. The molecule has 0 aromatic heterocycles. The molecule has 3 aromatic carbocycles. The van der Waals surface area contributed by atoms with Gasteiger partial charge >= 0.3 is 0 Å². The number of hydrogen-bond acceptors (Lipinski definition) is 3. The molecule has 0 saturated carbocycles. The van der Waals surface area contributed by atoms with Gasteiger partial charge in [-0.05, 0) is 55.7 Å². The van der Waals surface area contributed by atoms with Crippen molar-refractivity contribution in [2.75, 3.05) is 11.9 Å². The highest BCUT2D eigenvalue weighted by Crippen LogP contribution is 2.24. The van der Waals surface area contributed by atoms with Crippen LogP contribution >= 0.6 is 0 Å². The quantitative estimate of drug-likeness (QED) is 0.608. The van der Waals surface area contributed by atoms with Crippen molar-refractivity contribution in [3.63, 3.8) is 0 Å². The van der Waals surface area contributed by atoms with Gasteiger partial charge in [0.1, 0.15) is 0 Å². The van der Waals surface area contributed by atoms with Crippen LogP contribution in [0.2, 0.25) is 0 Å². The zero-order chi connectivity index (χ0) is 20.1. The molecule has 0 aliphatic heterocycles. The van der Waals surface area contributed by atoms with Crippen LogP contribution in [-0.2, 0) is 10.0 Å². The number of anilines is 1. The monoisotopic (exact) mass is 394 g/mol. The summed E-state index contributed by atoms with van der Waals surface area (Å²) in [4.78, 5) is 0.275. The van der Waals surface area contributed by atoms with E-state index in [1.165, 1.54) is 0 Å². The van der Waals surface area contributed by atoms with Crippen molar-refractivity contribution in [3.05, 3.63) is 95.1 Å². The predicted octanol–water partition coefficient (Wildman–Crippen LogP) is 4.74. The minimum absolute atomic E-state index is 0.193. The SMILES string of the molecule is Cc1ccc(S(=O)(=O)NCC(Nc2cc(C)ccc2C)c2ccccc2)cc1. The Balaban J connectivity index is 1.83. The fraction of sp³-hybridized carbons (Fsp3) is 0.217. The van der Waals surface area contributed by atoms with Gasteiger partial charge in [-0.2, -0.15) is 0 Å². The van der Waals surface area contributed by atoms with Crippen molar-refractivity contribution in [3.8, 4) is 0 Å².